The van der Waals surface area contributed by atoms with Crippen molar-refractivity contribution < 1.29 is 22.0 Å². The van der Waals surface area contributed by atoms with Crippen molar-refractivity contribution >= 4 is 0 Å². The van der Waals surface area contributed by atoms with Crippen LogP contribution in [0.3, 0.4) is 0 Å². The predicted octanol–water partition coefficient (Wildman–Crippen LogP) is 5.87. The lowest BCUT2D eigenvalue weighted by atomic mass is 10.0. The van der Waals surface area contributed by atoms with Crippen molar-refractivity contribution in [2.45, 2.75) is 142 Å². The molecule has 1 rings (SSSR count). The second-order valence-corrected chi connectivity index (χ2v) is 8.88. The van der Waals surface area contributed by atoms with Gasteiger partial charge in [0.05, 0.1) is 0 Å². The first-order valence-electron chi connectivity index (χ1n) is 12.9. The van der Waals surface area contributed by atoms with Crippen molar-refractivity contribution in [2.24, 2.45) is 0 Å². The lowest BCUT2D eigenvalue weighted by Crippen LogP contribution is -3.00. The Morgan fingerprint density at radius 1 is 0.552 bits per heavy atom. The third-order valence-electron chi connectivity index (χ3n) is 6.09. The Morgan fingerprint density at radius 3 is 1.28 bits per heavy atom. The van der Waals surface area contributed by atoms with Gasteiger partial charge in [-0.15, -0.1) is 0 Å². The largest absolute Gasteiger partial charge is 1.00 e. The summed E-state index contributed by atoms with van der Waals surface area (Å²) in [6, 6.07) is 4.33. The second-order valence-electron chi connectivity index (χ2n) is 8.88. The van der Waals surface area contributed by atoms with Crippen LogP contribution in [0.2, 0.25) is 0 Å². The first-order chi connectivity index (χ1) is 13.9. The highest BCUT2D eigenvalue weighted by Crippen LogP contribution is 2.15. The predicted molar refractivity (Wildman–Crippen MR) is 125 cm³/mol. The van der Waals surface area contributed by atoms with Gasteiger partial charge in [0.1, 0.15) is 0 Å². The van der Waals surface area contributed by atoms with Gasteiger partial charge in [-0.3, -0.25) is 0 Å². The Hall–Kier alpha value is -0.370. The SMILES string of the molecule is CCCCCCCCCCCCCCCCCCCCCCc1ccc[nH+]c1.[Br-]. The van der Waals surface area contributed by atoms with E-state index in [-0.39, 0.29) is 17.0 Å². The van der Waals surface area contributed by atoms with E-state index < -0.39 is 0 Å². The standard InChI is InChI=1S/C27H49N.BrH/c1-2-3-4-5-6-7-8-9-10-11-12-13-14-15-16-17-18-19-20-21-23-27-24-22-25-28-26-27;/h22,24-26H,2-21,23H2,1H3;1H. The minimum atomic E-state index is 0. The number of unbranched alkanes of at least 4 members (excludes halogenated alkanes) is 19. The highest BCUT2D eigenvalue weighted by atomic mass is 79.9. The molecule has 29 heavy (non-hydrogen) atoms. The summed E-state index contributed by atoms with van der Waals surface area (Å²) in [5.41, 5.74) is 1.45. The average molecular weight is 469 g/mol. The summed E-state index contributed by atoms with van der Waals surface area (Å²) in [6.45, 7) is 2.30. The maximum Gasteiger partial charge on any atom is 0.170 e. The lowest BCUT2D eigenvalue weighted by molar-refractivity contribution is -0.378. The van der Waals surface area contributed by atoms with Crippen molar-refractivity contribution in [3.8, 4) is 0 Å². The number of aromatic amines is 1. The molecule has 0 saturated carbocycles. The van der Waals surface area contributed by atoms with E-state index >= 15 is 0 Å². The molecule has 0 saturated heterocycles. The van der Waals surface area contributed by atoms with E-state index in [4.69, 9.17) is 0 Å². The van der Waals surface area contributed by atoms with Gasteiger partial charge in [-0.1, -0.05) is 129 Å². The molecule has 1 heterocycles. The zero-order valence-electron chi connectivity index (χ0n) is 19.5. The van der Waals surface area contributed by atoms with Gasteiger partial charge in [-0.25, -0.2) is 4.98 Å². The van der Waals surface area contributed by atoms with E-state index in [1.54, 1.807) is 0 Å². The normalized spacial score (nSPS) is 10.8. The van der Waals surface area contributed by atoms with Crippen LogP contribution in [0.1, 0.15) is 141 Å². The molecule has 0 aliphatic heterocycles. The molecular weight excluding hydrogens is 418 g/mol. The maximum atomic E-state index is 3.17. The number of aromatic nitrogens is 1. The second kappa shape index (κ2) is 23.9. The minimum Gasteiger partial charge on any atom is -1.00 e. The third-order valence-corrected chi connectivity index (χ3v) is 6.09. The van der Waals surface area contributed by atoms with Crippen LogP contribution in [0.4, 0.5) is 0 Å². The zero-order valence-corrected chi connectivity index (χ0v) is 21.1. The fraction of sp³-hybridized carbons (Fsp3) is 0.815. The Bertz CT molecular complexity index is 406. The molecule has 1 aromatic heterocycles. The summed E-state index contributed by atoms with van der Waals surface area (Å²) in [7, 11) is 0. The molecule has 0 fully saturated rings. The van der Waals surface area contributed by atoms with Crippen molar-refractivity contribution in [3.63, 3.8) is 0 Å². The fourth-order valence-electron chi connectivity index (χ4n) is 4.17. The molecule has 0 amide bonds. The van der Waals surface area contributed by atoms with Crippen molar-refractivity contribution in [2.75, 3.05) is 0 Å². The molecule has 170 valence electrons. The number of pyridine rings is 1. The molecule has 0 aliphatic rings. The maximum absolute atomic E-state index is 3.17. The zero-order chi connectivity index (χ0) is 20.0. The Labute approximate surface area is 193 Å². The van der Waals surface area contributed by atoms with E-state index in [0.717, 1.165) is 0 Å². The van der Waals surface area contributed by atoms with Gasteiger partial charge < -0.3 is 17.0 Å². The van der Waals surface area contributed by atoms with Crippen LogP contribution in [0.15, 0.2) is 24.5 Å². The average Bonchev–Trinajstić information content (AvgIpc) is 2.73. The molecule has 0 unspecified atom stereocenters. The van der Waals surface area contributed by atoms with Crippen molar-refractivity contribution in [3.05, 3.63) is 30.1 Å². The molecule has 0 aromatic carbocycles. The quantitative estimate of drug-likeness (QED) is 0.200. The first-order valence-corrected chi connectivity index (χ1v) is 12.9. The fourth-order valence-corrected chi connectivity index (χ4v) is 4.17. The van der Waals surface area contributed by atoms with Crippen molar-refractivity contribution in [1.29, 1.82) is 0 Å². The number of hydrogen-bond acceptors (Lipinski definition) is 0. The number of nitrogens with one attached hydrogen (secondary N) is 1. The molecule has 2 heteroatoms. The molecule has 0 atom stereocenters. The van der Waals surface area contributed by atoms with E-state index in [1.807, 2.05) is 6.20 Å². The number of aryl methyl sites for hydroxylation is 1. The Morgan fingerprint density at radius 2 is 0.931 bits per heavy atom. The van der Waals surface area contributed by atoms with Crippen LogP contribution in [-0.4, -0.2) is 0 Å². The molecule has 0 radical (unpaired) electrons. The number of H-pyrrole nitrogens is 1. The molecule has 1 N–H and O–H groups in total. The van der Waals surface area contributed by atoms with Crippen LogP contribution in [0.25, 0.3) is 0 Å². The number of rotatable bonds is 21. The van der Waals surface area contributed by atoms with Crippen LogP contribution in [-0.2, 0) is 6.42 Å². The minimum absolute atomic E-state index is 0. The van der Waals surface area contributed by atoms with E-state index in [0.29, 0.717) is 0 Å². The highest BCUT2D eigenvalue weighted by Gasteiger charge is 1.97. The van der Waals surface area contributed by atoms with Gasteiger partial charge in [0.2, 0.25) is 0 Å². The van der Waals surface area contributed by atoms with Gasteiger partial charge in [0.25, 0.3) is 0 Å². The molecule has 1 nitrogen and oxygen atoms in total. The molecule has 0 spiro atoms. The third kappa shape index (κ3) is 20.7. The summed E-state index contributed by atoms with van der Waals surface area (Å²) in [4.78, 5) is 3.17. The Balaban J connectivity index is 0.00000784. The van der Waals surface area contributed by atoms with Crippen LogP contribution in [0.5, 0.6) is 0 Å². The summed E-state index contributed by atoms with van der Waals surface area (Å²) < 4.78 is 0. The summed E-state index contributed by atoms with van der Waals surface area (Å²) in [5, 5.41) is 0. The number of halogens is 1. The van der Waals surface area contributed by atoms with Gasteiger partial charge in [0.15, 0.2) is 12.4 Å². The summed E-state index contributed by atoms with van der Waals surface area (Å²) in [6.07, 6.45) is 34.4. The first kappa shape index (κ1) is 28.6. The summed E-state index contributed by atoms with van der Waals surface area (Å²) in [5.74, 6) is 0. The number of hydrogen-bond donors (Lipinski definition) is 0. The van der Waals surface area contributed by atoms with Gasteiger partial charge in [0, 0.05) is 11.6 Å². The lowest BCUT2D eigenvalue weighted by Gasteiger charge is -2.04. The molecule has 1 aromatic rings. The van der Waals surface area contributed by atoms with Crippen LogP contribution >= 0.6 is 0 Å². The highest BCUT2D eigenvalue weighted by molar-refractivity contribution is 5.04. The molecule has 0 bridgehead atoms. The van der Waals surface area contributed by atoms with E-state index in [9.17, 15) is 0 Å². The van der Waals surface area contributed by atoms with Crippen LogP contribution in [0, 0.1) is 0 Å². The smallest absolute Gasteiger partial charge is 0.170 e. The monoisotopic (exact) mass is 467 g/mol. The van der Waals surface area contributed by atoms with Gasteiger partial charge >= 0.3 is 0 Å². The van der Waals surface area contributed by atoms with E-state index in [1.165, 1.54) is 140 Å². The molecular formula is C27H50BrN. The summed E-state index contributed by atoms with van der Waals surface area (Å²) >= 11 is 0. The Kier molecular flexibility index (Phi) is 23.6. The van der Waals surface area contributed by atoms with Crippen LogP contribution < -0.4 is 22.0 Å². The van der Waals surface area contributed by atoms with Gasteiger partial charge in [-0.2, -0.15) is 0 Å². The van der Waals surface area contributed by atoms with Crippen molar-refractivity contribution in [1.82, 2.24) is 0 Å². The van der Waals surface area contributed by atoms with E-state index in [2.05, 4.69) is 30.2 Å². The topological polar surface area (TPSA) is 14.1 Å². The molecule has 0 aliphatic carbocycles. The van der Waals surface area contributed by atoms with Gasteiger partial charge in [-0.05, 0) is 18.9 Å².